The Hall–Kier alpha value is -1.50. The maximum atomic E-state index is 13.2. The predicted molar refractivity (Wildman–Crippen MR) is 77.6 cm³/mol. The lowest BCUT2D eigenvalue weighted by atomic mass is 10.1. The fourth-order valence-corrected chi connectivity index (χ4v) is 2.89. The number of halogens is 2. The van der Waals surface area contributed by atoms with Crippen molar-refractivity contribution in [2.45, 2.75) is 19.5 Å². The zero-order valence-corrected chi connectivity index (χ0v) is 12.2. The Morgan fingerprint density at radius 2 is 2.20 bits per heavy atom. The van der Waals surface area contributed by atoms with Crippen LogP contribution in [0.25, 0.3) is 0 Å². The maximum absolute atomic E-state index is 13.2. The van der Waals surface area contributed by atoms with Gasteiger partial charge in [0.2, 0.25) is 0 Å². The molecule has 0 fully saturated rings. The molecule has 0 aliphatic carbocycles. The van der Waals surface area contributed by atoms with Gasteiger partial charge in [0.25, 0.3) is 5.69 Å². The van der Waals surface area contributed by atoms with E-state index in [-0.39, 0.29) is 18.3 Å². The molecule has 0 aliphatic rings. The average Bonchev–Trinajstić information content (AvgIpc) is 2.82. The van der Waals surface area contributed by atoms with Crippen LogP contribution in [-0.4, -0.2) is 4.92 Å². The predicted octanol–water partition coefficient (Wildman–Crippen LogP) is 4.30. The Labute approximate surface area is 124 Å². The van der Waals surface area contributed by atoms with Gasteiger partial charge in [0.15, 0.2) is 0 Å². The molecule has 20 heavy (non-hydrogen) atoms. The van der Waals surface area contributed by atoms with Gasteiger partial charge in [-0.1, -0.05) is 11.6 Å². The number of hydrogen-bond acceptors (Lipinski definition) is 4. The number of nitro benzene ring substituents is 1. The molecule has 0 spiro atoms. The van der Waals surface area contributed by atoms with Gasteiger partial charge >= 0.3 is 0 Å². The molecule has 2 aromatic rings. The standard InChI is InChI=1S/C13H12ClFN2O2S/c1-8(12-4-5-13(14)20-12)16-7-9-6-10(15)2-3-11(9)17(18)19/h2-6,8,16H,7H2,1H3. The number of nitrogens with one attached hydrogen (secondary N) is 1. The highest BCUT2D eigenvalue weighted by atomic mass is 35.5. The van der Waals surface area contributed by atoms with Crippen LogP contribution in [0, 0.1) is 15.9 Å². The summed E-state index contributed by atoms with van der Waals surface area (Å²) in [4.78, 5) is 11.4. The maximum Gasteiger partial charge on any atom is 0.274 e. The molecule has 0 saturated carbocycles. The molecule has 0 radical (unpaired) electrons. The second-order valence-corrected chi connectivity index (χ2v) is 6.02. The Kier molecular flexibility index (Phi) is 4.69. The van der Waals surface area contributed by atoms with E-state index in [1.807, 2.05) is 13.0 Å². The van der Waals surface area contributed by atoms with Crippen LogP contribution < -0.4 is 5.32 Å². The minimum atomic E-state index is -0.511. The molecule has 0 amide bonds. The van der Waals surface area contributed by atoms with Gasteiger partial charge in [0.05, 0.1) is 9.26 Å². The highest BCUT2D eigenvalue weighted by molar-refractivity contribution is 7.16. The lowest BCUT2D eigenvalue weighted by Crippen LogP contribution is -2.18. The molecule has 0 aliphatic heterocycles. The summed E-state index contributed by atoms with van der Waals surface area (Å²) in [7, 11) is 0. The minimum Gasteiger partial charge on any atom is -0.305 e. The molecule has 7 heteroatoms. The molecule has 1 heterocycles. The van der Waals surface area contributed by atoms with E-state index in [0.717, 1.165) is 10.9 Å². The van der Waals surface area contributed by atoms with Crippen LogP contribution in [0.2, 0.25) is 4.34 Å². The molecule has 0 saturated heterocycles. The van der Waals surface area contributed by atoms with Crippen LogP contribution in [-0.2, 0) is 6.54 Å². The van der Waals surface area contributed by atoms with Gasteiger partial charge < -0.3 is 5.32 Å². The van der Waals surface area contributed by atoms with Gasteiger partial charge in [-0.15, -0.1) is 11.3 Å². The third-order valence-corrected chi connectivity index (χ3v) is 4.27. The molecule has 2 rings (SSSR count). The van der Waals surface area contributed by atoms with E-state index in [2.05, 4.69) is 5.32 Å². The highest BCUT2D eigenvalue weighted by Crippen LogP contribution is 2.27. The van der Waals surface area contributed by atoms with Crippen LogP contribution in [0.5, 0.6) is 0 Å². The van der Waals surface area contributed by atoms with Crippen molar-refractivity contribution >= 4 is 28.6 Å². The molecule has 1 aromatic carbocycles. The number of thiophene rings is 1. The van der Waals surface area contributed by atoms with Crippen LogP contribution in [0.3, 0.4) is 0 Å². The van der Waals surface area contributed by atoms with Crippen LogP contribution in [0.1, 0.15) is 23.4 Å². The summed E-state index contributed by atoms with van der Waals surface area (Å²) >= 11 is 7.30. The fourth-order valence-electron chi connectivity index (χ4n) is 1.80. The fraction of sp³-hybridized carbons (Fsp3) is 0.231. The quantitative estimate of drug-likeness (QED) is 0.661. The topological polar surface area (TPSA) is 55.2 Å². The van der Waals surface area contributed by atoms with Gasteiger partial charge in [-0.25, -0.2) is 4.39 Å². The van der Waals surface area contributed by atoms with Crippen molar-refractivity contribution in [3.8, 4) is 0 Å². The summed E-state index contributed by atoms with van der Waals surface area (Å²) in [6, 6.07) is 7.12. The zero-order valence-electron chi connectivity index (χ0n) is 10.6. The van der Waals surface area contributed by atoms with Crippen molar-refractivity contribution in [2.75, 3.05) is 0 Å². The van der Waals surface area contributed by atoms with Gasteiger partial charge in [-0.3, -0.25) is 10.1 Å². The number of hydrogen-bond donors (Lipinski definition) is 1. The van der Waals surface area contributed by atoms with Gasteiger partial charge in [0, 0.05) is 29.1 Å². The third-order valence-electron chi connectivity index (χ3n) is 2.86. The van der Waals surface area contributed by atoms with E-state index in [0.29, 0.717) is 9.90 Å². The normalized spacial score (nSPS) is 12.3. The Morgan fingerprint density at radius 3 is 2.80 bits per heavy atom. The summed E-state index contributed by atoms with van der Waals surface area (Å²) in [5.74, 6) is -0.487. The van der Waals surface area contributed by atoms with Crippen molar-refractivity contribution in [3.05, 3.63) is 61.0 Å². The first-order chi connectivity index (χ1) is 9.47. The molecular formula is C13H12ClFN2O2S. The van der Waals surface area contributed by atoms with Crippen LogP contribution in [0.4, 0.5) is 10.1 Å². The van der Waals surface area contributed by atoms with Crippen LogP contribution >= 0.6 is 22.9 Å². The van der Waals surface area contributed by atoms with Gasteiger partial charge in [0.1, 0.15) is 5.82 Å². The number of rotatable bonds is 5. The van der Waals surface area contributed by atoms with Gasteiger partial charge in [-0.2, -0.15) is 0 Å². The Morgan fingerprint density at radius 1 is 1.45 bits per heavy atom. The lowest BCUT2D eigenvalue weighted by Gasteiger charge is -2.12. The molecule has 0 bridgehead atoms. The van der Waals surface area contributed by atoms with E-state index >= 15 is 0 Å². The monoisotopic (exact) mass is 314 g/mol. The second-order valence-electron chi connectivity index (χ2n) is 4.27. The van der Waals surface area contributed by atoms with E-state index in [1.54, 1.807) is 6.07 Å². The van der Waals surface area contributed by atoms with Gasteiger partial charge in [-0.05, 0) is 31.2 Å². The second kappa shape index (κ2) is 6.30. The smallest absolute Gasteiger partial charge is 0.274 e. The molecule has 1 atom stereocenters. The first-order valence-corrected chi connectivity index (χ1v) is 7.08. The van der Waals surface area contributed by atoms with Crippen molar-refractivity contribution in [3.63, 3.8) is 0 Å². The first kappa shape index (κ1) is 14.9. The van der Waals surface area contributed by atoms with E-state index in [9.17, 15) is 14.5 Å². The van der Waals surface area contributed by atoms with E-state index < -0.39 is 10.7 Å². The lowest BCUT2D eigenvalue weighted by molar-refractivity contribution is -0.385. The highest BCUT2D eigenvalue weighted by Gasteiger charge is 2.15. The Balaban J connectivity index is 2.10. The zero-order chi connectivity index (χ0) is 14.7. The largest absolute Gasteiger partial charge is 0.305 e. The van der Waals surface area contributed by atoms with E-state index in [4.69, 9.17) is 11.6 Å². The molecule has 1 N–H and O–H groups in total. The molecule has 4 nitrogen and oxygen atoms in total. The third kappa shape index (κ3) is 3.53. The van der Waals surface area contributed by atoms with Crippen molar-refractivity contribution in [1.29, 1.82) is 0 Å². The Bertz CT molecular complexity index is 633. The van der Waals surface area contributed by atoms with Crippen LogP contribution in [0.15, 0.2) is 30.3 Å². The van der Waals surface area contributed by atoms with Crippen molar-refractivity contribution in [2.24, 2.45) is 0 Å². The average molecular weight is 315 g/mol. The molecule has 1 unspecified atom stereocenters. The molecular weight excluding hydrogens is 303 g/mol. The minimum absolute atomic E-state index is 0.0182. The summed E-state index contributed by atoms with van der Waals surface area (Å²) < 4.78 is 13.9. The molecule has 1 aromatic heterocycles. The van der Waals surface area contributed by atoms with E-state index in [1.165, 1.54) is 23.5 Å². The first-order valence-electron chi connectivity index (χ1n) is 5.89. The summed E-state index contributed by atoms with van der Waals surface area (Å²) in [6.07, 6.45) is 0. The summed E-state index contributed by atoms with van der Waals surface area (Å²) in [5.41, 5.74) is 0.236. The number of benzene rings is 1. The molecule has 106 valence electrons. The number of nitrogens with zero attached hydrogens (tertiary/aromatic N) is 1. The SMILES string of the molecule is CC(NCc1cc(F)ccc1[N+](=O)[O-])c1ccc(Cl)s1. The van der Waals surface area contributed by atoms with Crippen molar-refractivity contribution < 1.29 is 9.31 Å². The summed E-state index contributed by atoms with van der Waals surface area (Å²) in [6.45, 7) is 2.14. The van der Waals surface area contributed by atoms with Crippen molar-refractivity contribution in [1.82, 2.24) is 5.32 Å². The summed E-state index contributed by atoms with van der Waals surface area (Å²) in [5, 5.41) is 14.0. The number of nitro groups is 1.